The van der Waals surface area contributed by atoms with Crippen molar-refractivity contribution >= 4 is 11.6 Å². The van der Waals surface area contributed by atoms with Gasteiger partial charge in [0.1, 0.15) is 5.75 Å². The Morgan fingerprint density at radius 2 is 1.92 bits per heavy atom. The normalized spacial score (nSPS) is 10.2. The third-order valence-electron chi connectivity index (χ3n) is 3.25. The monoisotopic (exact) mass is 336 g/mol. The molecule has 2 heterocycles. The van der Waals surface area contributed by atoms with Crippen molar-refractivity contribution in [2.45, 2.75) is 6.92 Å². The number of carbonyl (C=O) groups excluding carboxylic acids is 1. The number of rotatable bonds is 5. The van der Waals surface area contributed by atoms with Crippen LogP contribution in [0.15, 0.2) is 54.9 Å². The molecule has 0 saturated heterocycles. The van der Waals surface area contributed by atoms with Crippen LogP contribution in [0.4, 0.5) is 5.69 Å². The van der Waals surface area contributed by atoms with Gasteiger partial charge < -0.3 is 14.8 Å². The summed E-state index contributed by atoms with van der Waals surface area (Å²) in [5.74, 6) is 0.703. The number of carbonyl (C=O) groups is 1. The van der Waals surface area contributed by atoms with Crippen LogP contribution in [0.5, 0.6) is 17.6 Å². The molecule has 1 N–H and O–H groups in total. The zero-order valence-electron chi connectivity index (χ0n) is 13.8. The Morgan fingerprint density at radius 3 is 2.60 bits per heavy atom. The quantitative estimate of drug-likeness (QED) is 0.770. The summed E-state index contributed by atoms with van der Waals surface area (Å²) < 4.78 is 10.7. The SMILES string of the molecule is COc1nc(C)cc(Oc2ccc(C(=O)Nc3cccnc3)cc2)n1. The van der Waals surface area contributed by atoms with Gasteiger partial charge in [-0.25, -0.2) is 4.98 Å². The molecule has 0 fully saturated rings. The second-order valence-electron chi connectivity index (χ2n) is 5.16. The number of amides is 1. The molecule has 0 atom stereocenters. The van der Waals surface area contributed by atoms with Crippen molar-refractivity contribution in [1.82, 2.24) is 15.0 Å². The van der Waals surface area contributed by atoms with Crippen molar-refractivity contribution in [3.8, 4) is 17.6 Å². The average molecular weight is 336 g/mol. The zero-order chi connectivity index (χ0) is 17.6. The second-order valence-corrected chi connectivity index (χ2v) is 5.16. The van der Waals surface area contributed by atoms with Crippen LogP contribution in [0.3, 0.4) is 0 Å². The Balaban J connectivity index is 1.70. The summed E-state index contributed by atoms with van der Waals surface area (Å²) in [7, 11) is 1.49. The maximum atomic E-state index is 12.2. The van der Waals surface area contributed by atoms with E-state index in [4.69, 9.17) is 9.47 Å². The lowest BCUT2D eigenvalue weighted by molar-refractivity contribution is 0.102. The van der Waals surface area contributed by atoms with Gasteiger partial charge in [0, 0.05) is 23.5 Å². The first-order chi connectivity index (χ1) is 12.1. The first-order valence-corrected chi connectivity index (χ1v) is 7.53. The number of nitrogens with one attached hydrogen (secondary N) is 1. The number of ether oxygens (including phenoxy) is 2. The van der Waals surface area contributed by atoms with Gasteiger partial charge in [-0.3, -0.25) is 9.78 Å². The summed E-state index contributed by atoms with van der Waals surface area (Å²) in [6.07, 6.45) is 3.23. The Hall–Kier alpha value is -3.48. The van der Waals surface area contributed by atoms with Crippen LogP contribution in [-0.4, -0.2) is 28.0 Å². The van der Waals surface area contributed by atoms with Crippen LogP contribution in [-0.2, 0) is 0 Å². The summed E-state index contributed by atoms with van der Waals surface area (Å²) in [6.45, 7) is 1.82. The number of hydrogen-bond acceptors (Lipinski definition) is 6. The predicted molar refractivity (Wildman–Crippen MR) is 92.0 cm³/mol. The van der Waals surface area contributed by atoms with E-state index < -0.39 is 0 Å². The molecule has 0 saturated carbocycles. The van der Waals surface area contributed by atoms with E-state index in [9.17, 15) is 4.79 Å². The summed E-state index contributed by atoms with van der Waals surface area (Å²) in [5.41, 5.74) is 1.87. The fraction of sp³-hybridized carbons (Fsp3) is 0.111. The minimum atomic E-state index is -0.223. The van der Waals surface area contributed by atoms with Crippen molar-refractivity contribution in [1.29, 1.82) is 0 Å². The molecular formula is C18H16N4O3. The Labute approximate surface area is 144 Å². The smallest absolute Gasteiger partial charge is 0.319 e. The first kappa shape index (κ1) is 16.4. The number of benzene rings is 1. The highest BCUT2D eigenvalue weighted by Crippen LogP contribution is 2.22. The van der Waals surface area contributed by atoms with Gasteiger partial charge in [-0.05, 0) is 43.3 Å². The molecule has 25 heavy (non-hydrogen) atoms. The van der Waals surface area contributed by atoms with Crippen molar-refractivity contribution < 1.29 is 14.3 Å². The fourth-order valence-corrected chi connectivity index (χ4v) is 2.09. The standard InChI is InChI=1S/C18H16N4O3/c1-12-10-16(22-18(20-12)24-2)25-15-7-5-13(6-8-15)17(23)21-14-4-3-9-19-11-14/h3-11H,1-2H3,(H,21,23). The summed E-state index contributed by atoms with van der Waals surface area (Å²) in [5, 5.41) is 2.77. The summed E-state index contributed by atoms with van der Waals surface area (Å²) in [4.78, 5) is 24.4. The van der Waals surface area contributed by atoms with Crippen LogP contribution < -0.4 is 14.8 Å². The van der Waals surface area contributed by atoms with Crippen LogP contribution in [0.2, 0.25) is 0 Å². The molecule has 1 aromatic carbocycles. The molecule has 2 aromatic heterocycles. The number of methoxy groups -OCH3 is 1. The topological polar surface area (TPSA) is 86.2 Å². The van der Waals surface area contributed by atoms with E-state index in [2.05, 4.69) is 20.3 Å². The first-order valence-electron chi connectivity index (χ1n) is 7.53. The number of aromatic nitrogens is 3. The molecule has 3 aromatic rings. The van der Waals surface area contributed by atoms with Crippen LogP contribution >= 0.6 is 0 Å². The highest BCUT2D eigenvalue weighted by Gasteiger charge is 2.08. The lowest BCUT2D eigenvalue weighted by Crippen LogP contribution is -2.11. The molecule has 0 radical (unpaired) electrons. The number of anilines is 1. The molecule has 7 heteroatoms. The predicted octanol–water partition coefficient (Wildman–Crippen LogP) is 3.23. The zero-order valence-corrected chi connectivity index (χ0v) is 13.8. The molecule has 126 valence electrons. The largest absolute Gasteiger partial charge is 0.467 e. The second kappa shape index (κ2) is 7.39. The maximum absolute atomic E-state index is 12.2. The fourth-order valence-electron chi connectivity index (χ4n) is 2.09. The van der Waals surface area contributed by atoms with E-state index in [1.54, 1.807) is 54.9 Å². The molecule has 3 rings (SSSR count). The highest BCUT2D eigenvalue weighted by atomic mass is 16.5. The Morgan fingerprint density at radius 1 is 1.12 bits per heavy atom. The maximum Gasteiger partial charge on any atom is 0.319 e. The van der Waals surface area contributed by atoms with Gasteiger partial charge in [-0.1, -0.05) is 0 Å². The van der Waals surface area contributed by atoms with E-state index in [0.29, 0.717) is 22.9 Å². The molecule has 1 amide bonds. The van der Waals surface area contributed by atoms with Crippen molar-refractivity contribution in [3.63, 3.8) is 0 Å². The van der Waals surface area contributed by atoms with Gasteiger partial charge in [-0.2, -0.15) is 4.98 Å². The van der Waals surface area contributed by atoms with E-state index in [1.165, 1.54) is 7.11 Å². The van der Waals surface area contributed by atoms with Crippen molar-refractivity contribution in [2.75, 3.05) is 12.4 Å². The number of pyridine rings is 1. The number of nitrogens with zero attached hydrogens (tertiary/aromatic N) is 3. The van der Waals surface area contributed by atoms with Crippen LogP contribution in [0, 0.1) is 6.92 Å². The van der Waals surface area contributed by atoms with Crippen molar-refractivity contribution in [2.24, 2.45) is 0 Å². The minimum Gasteiger partial charge on any atom is -0.467 e. The molecule has 7 nitrogen and oxygen atoms in total. The van der Waals surface area contributed by atoms with Crippen LogP contribution in [0.1, 0.15) is 16.1 Å². The molecule has 0 spiro atoms. The van der Waals surface area contributed by atoms with E-state index in [0.717, 1.165) is 5.69 Å². The molecular weight excluding hydrogens is 320 g/mol. The summed E-state index contributed by atoms with van der Waals surface area (Å²) in [6, 6.07) is 12.2. The summed E-state index contributed by atoms with van der Waals surface area (Å²) >= 11 is 0. The Kier molecular flexibility index (Phi) is 4.84. The lowest BCUT2D eigenvalue weighted by atomic mass is 10.2. The molecule has 0 aliphatic rings. The van der Waals surface area contributed by atoms with Crippen LogP contribution in [0.25, 0.3) is 0 Å². The highest BCUT2D eigenvalue weighted by molar-refractivity contribution is 6.04. The van der Waals surface area contributed by atoms with Gasteiger partial charge >= 0.3 is 6.01 Å². The van der Waals surface area contributed by atoms with Gasteiger partial charge in [0.15, 0.2) is 0 Å². The lowest BCUT2D eigenvalue weighted by Gasteiger charge is -2.08. The van der Waals surface area contributed by atoms with Crippen molar-refractivity contribution in [3.05, 3.63) is 66.1 Å². The molecule has 0 bridgehead atoms. The molecule has 0 unspecified atom stereocenters. The van der Waals surface area contributed by atoms with Gasteiger partial charge in [0.05, 0.1) is 19.0 Å². The van der Waals surface area contributed by atoms with E-state index >= 15 is 0 Å². The van der Waals surface area contributed by atoms with Gasteiger partial charge in [0.25, 0.3) is 5.91 Å². The van der Waals surface area contributed by atoms with E-state index in [-0.39, 0.29) is 11.9 Å². The molecule has 0 aliphatic heterocycles. The average Bonchev–Trinajstić information content (AvgIpc) is 2.62. The Bertz CT molecular complexity index is 867. The number of aryl methyl sites for hydroxylation is 1. The molecule has 0 aliphatic carbocycles. The van der Waals surface area contributed by atoms with E-state index in [1.807, 2.05) is 6.92 Å². The number of hydrogen-bond donors (Lipinski definition) is 1. The third kappa shape index (κ3) is 4.29. The van der Waals surface area contributed by atoms with Gasteiger partial charge in [0.2, 0.25) is 5.88 Å². The van der Waals surface area contributed by atoms with Gasteiger partial charge in [-0.15, -0.1) is 0 Å². The third-order valence-corrected chi connectivity index (χ3v) is 3.25. The minimum absolute atomic E-state index is 0.223.